The maximum atomic E-state index is 12.9. The van der Waals surface area contributed by atoms with Crippen LogP contribution in [0.2, 0.25) is 0 Å². The van der Waals surface area contributed by atoms with Crippen molar-refractivity contribution in [1.82, 2.24) is 0 Å². The molecule has 0 aliphatic heterocycles. The van der Waals surface area contributed by atoms with Crippen LogP contribution in [0, 0.1) is 50.7 Å². The molecule has 5 aliphatic carbocycles. The number of ketones is 1. The van der Waals surface area contributed by atoms with E-state index in [4.69, 9.17) is 9.47 Å². The lowest BCUT2D eigenvalue weighted by Crippen LogP contribution is -2.69. The van der Waals surface area contributed by atoms with E-state index in [-0.39, 0.29) is 27.9 Å². The number of Topliss-reactive ketones (excluding diaryl/α,β-unsaturated/α-hetero) is 1. The molecule has 234 valence electrons. The first-order chi connectivity index (χ1) is 19.4. The van der Waals surface area contributed by atoms with Gasteiger partial charge in [-0.15, -0.1) is 0 Å². The average molecular weight is 587 g/mol. The van der Waals surface area contributed by atoms with Crippen molar-refractivity contribution in [1.29, 1.82) is 0 Å². The molecule has 2 spiro atoms. The van der Waals surface area contributed by atoms with Gasteiger partial charge >= 0.3 is 17.9 Å². The van der Waals surface area contributed by atoms with Crippen molar-refractivity contribution in [2.45, 2.75) is 125 Å². The van der Waals surface area contributed by atoms with Gasteiger partial charge in [-0.3, -0.25) is 19.2 Å². The number of esters is 2. The summed E-state index contributed by atoms with van der Waals surface area (Å²) in [5.41, 5.74) is -1.99. The first-order valence-electron chi connectivity index (χ1n) is 15.9. The fourth-order valence-corrected chi connectivity index (χ4v) is 11.7. The Morgan fingerprint density at radius 1 is 0.857 bits per heavy atom. The van der Waals surface area contributed by atoms with E-state index in [1.54, 1.807) is 13.8 Å². The van der Waals surface area contributed by atoms with Crippen LogP contribution in [0.1, 0.15) is 106 Å². The summed E-state index contributed by atoms with van der Waals surface area (Å²) in [4.78, 5) is 50.7. The number of carboxylic acids is 1. The largest absolute Gasteiger partial charge is 0.481 e. The van der Waals surface area contributed by atoms with Gasteiger partial charge in [0.05, 0.1) is 11.5 Å². The normalized spacial score (nSPS) is 47.5. The van der Waals surface area contributed by atoms with Crippen LogP contribution in [0.4, 0.5) is 0 Å². The van der Waals surface area contributed by atoms with Crippen LogP contribution in [0.25, 0.3) is 0 Å². The highest BCUT2D eigenvalue weighted by atomic mass is 16.6. The van der Waals surface area contributed by atoms with Crippen LogP contribution in [-0.2, 0) is 28.7 Å². The number of hydrogen-bond acceptors (Lipinski definition) is 7. The monoisotopic (exact) mass is 586 g/mol. The lowest BCUT2D eigenvalue weighted by Gasteiger charge is -2.65. The lowest BCUT2D eigenvalue weighted by molar-refractivity contribution is -0.259. The fraction of sp³-hybridized carbons (Fsp3) is 0.824. The second-order valence-electron chi connectivity index (χ2n) is 15.4. The van der Waals surface area contributed by atoms with Gasteiger partial charge < -0.3 is 19.7 Å². The van der Waals surface area contributed by atoms with Crippen molar-refractivity contribution < 1.29 is 38.9 Å². The average Bonchev–Trinajstić information content (AvgIpc) is 3.44. The molecule has 5 rings (SSSR count). The Morgan fingerprint density at radius 3 is 1.98 bits per heavy atom. The molecule has 0 aromatic heterocycles. The number of carbonyl (C=O) groups excluding carboxylic acids is 3. The number of aliphatic hydroxyl groups is 1. The molecule has 8 heteroatoms. The topological polar surface area (TPSA) is 127 Å². The van der Waals surface area contributed by atoms with Crippen LogP contribution < -0.4 is 0 Å². The highest BCUT2D eigenvalue weighted by Gasteiger charge is 2.88. The van der Waals surface area contributed by atoms with Gasteiger partial charge in [-0.05, 0) is 104 Å². The van der Waals surface area contributed by atoms with E-state index in [0.717, 1.165) is 38.5 Å². The summed E-state index contributed by atoms with van der Waals surface area (Å²) in [5.74, 6) is -2.13. The van der Waals surface area contributed by atoms with Gasteiger partial charge in [0, 0.05) is 32.1 Å². The number of ether oxygens (including phenoxy) is 2. The highest BCUT2D eigenvalue weighted by Crippen LogP contribution is 2.89. The van der Waals surface area contributed by atoms with E-state index in [1.807, 2.05) is 0 Å². The molecule has 5 saturated carbocycles. The van der Waals surface area contributed by atoms with E-state index in [0.29, 0.717) is 36.7 Å². The molecule has 0 bridgehead atoms. The molecule has 5 aliphatic rings. The number of rotatable bonds is 8. The minimum Gasteiger partial charge on any atom is -0.481 e. The smallest absolute Gasteiger partial charge is 0.312 e. The SMILES string of the molecule is C=C(C)C(=O)CC[C@@H](C)[C@H]1CC[C@@]2(C)[C@H]3[C@H](OC(C)=O)[C@H](OC(C)=O)[C@H]4[C@](C)(C(=O)O)[C@@H](O)CC[C@]45C[C@]35CC[C@]12C. The number of aliphatic carboxylic acids is 1. The molecule has 12 atom stereocenters. The van der Waals surface area contributed by atoms with Gasteiger partial charge in [-0.25, -0.2) is 0 Å². The van der Waals surface area contributed by atoms with Gasteiger partial charge in [0.25, 0.3) is 0 Å². The Bertz CT molecular complexity index is 1210. The van der Waals surface area contributed by atoms with E-state index in [2.05, 4.69) is 27.4 Å². The third-order valence-electron chi connectivity index (χ3n) is 13.8. The zero-order valence-corrected chi connectivity index (χ0v) is 26.5. The predicted octanol–water partition coefficient (Wildman–Crippen LogP) is 5.50. The summed E-state index contributed by atoms with van der Waals surface area (Å²) < 4.78 is 12.3. The molecule has 0 unspecified atom stereocenters. The van der Waals surface area contributed by atoms with Crippen LogP contribution in [-0.4, -0.2) is 52.2 Å². The molecule has 0 radical (unpaired) electrons. The lowest BCUT2D eigenvalue weighted by atomic mass is 9.40. The zero-order chi connectivity index (χ0) is 31.2. The Balaban J connectivity index is 1.61. The van der Waals surface area contributed by atoms with Crippen LogP contribution in [0.5, 0.6) is 0 Å². The quantitative estimate of drug-likeness (QED) is 0.282. The van der Waals surface area contributed by atoms with Crippen molar-refractivity contribution in [3.63, 3.8) is 0 Å². The number of fused-ring (bicyclic) bond motifs is 2. The van der Waals surface area contributed by atoms with Gasteiger partial charge in [-0.2, -0.15) is 0 Å². The maximum Gasteiger partial charge on any atom is 0.312 e. The molecule has 2 N–H and O–H groups in total. The highest BCUT2D eigenvalue weighted by molar-refractivity contribution is 5.94. The van der Waals surface area contributed by atoms with Gasteiger partial charge in [0.2, 0.25) is 0 Å². The molecule has 0 heterocycles. The van der Waals surface area contributed by atoms with Gasteiger partial charge in [-0.1, -0.05) is 27.4 Å². The number of hydrogen-bond donors (Lipinski definition) is 2. The number of carbonyl (C=O) groups is 4. The predicted molar refractivity (Wildman–Crippen MR) is 155 cm³/mol. The minimum absolute atomic E-state index is 0.103. The van der Waals surface area contributed by atoms with Crippen molar-refractivity contribution in [2.24, 2.45) is 50.7 Å². The van der Waals surface area contributed by atoms with Gasteiger partial charge in [0.15, 0.2) is 5.78 Å². The summed E-state index contributed by atoms with van der Waals surface area (Å²) in [7, 11) is 0. The molecule has 0 aromatic carbocycles. The molecular weight excluding hydrogens is 536 g/mol. The summed E-state index contributed by atoms with van der Waals surface area (Å²) in [6, 6.07) is 0. The van der Waals surface area contributed by atoms with Crippen molar-refractivity contribution in [3.05, 3.63) is 12.2 Å². The fourth-order valence-electron chi connectivity index (χ4n) is 11.7. The zero-order valence-electron chi connectivity index (χ0n) is 26.5. The van der Waals surface area contributed by atoms with E-state index in [9.17, 15) is 29.4 Å². The molecule has 0 saturated heterocycles. The Hall–Kier alpha value is -2.22. The van der Waals surface area contributed by atoms with Crippen molar-refractivity contribution in [2.75, 3.05) is 0 Å². The molecule has 8 nitrogen and oxygen atoms in total. The summed E-state index contributed by atoms with van der Waals surface area (Å²) >= 11 is 0. The number of carboxylic acid groups (broad SMARTS) is 1. The second kappa shape index (κ2) is 9.90. The van der Waals surface area contributed by atoms with Crippen LogP contribution in [0.3, 0.4) is 0 Å². The Kier molecular flexibility index (Phi) is 7.36. The molecular formula is C34H50O8. The first-order valence-corrected chi connectivity index (χ1v) is 15.9. The van der Waals surface area contributed by atoms with Crippen molar-refractivity contribution >= 4 is 23.7 Å². The molecule has 0 amide bonds. The van der Waals surface area contributed by atoms with Gasteiger partial charge in [0.1, 0.15) is 12.2 Å². The van der Waals surface area contributed by atoms with Crippen molar-refractivity contribution in [3.8, 4) is 0 Å². The van der Waals surface area contributed by atoms with E-state index in [1.165, 1.54) is 13.8 Å². The summed E-state index contributed by atoms with van der Waals surface area (Å²) in [6.07, 6.45) is 4.01. The van der Waals surface area contributed by atoms with Crippen LogP contribution >= 0.6 is 0 Å². The molecule has 0 aromatic rings. The summed E-state index contributed by atoms with van der Waals surface area (Å²) in [6.45, 7) is 16.8. The third-order valence-corrected chi connectivity index (χ3v) is 13.8. The molecule has 42 heavy (non-hydrogen) atoms. The third kappa shape index (κ3) is 3.95. The first kappa shape index (κ1) is 31.2. The Labute approximate surface area is 250 Å². The molecule has 5 fully saturated rings. The van der Waals surface area contributed by atoms with E-state index >= 15 is 0 Å². The minimum atomic E-state index is -1.55. The van der Waals surface area contributed by atoms with E-state index < -0.39 is 53.0 Å². The number of aliphatic hydroxyl groups excluding tert-OH is 1. The second-order valence-corrected chi connectivity index (χ2v) is 15.4. The Morgan fingerprint density at radius 2 is 1.43 bits per heavy atom. The standard InChI is InChI=1S/C34H50O8/c1-18(2)23(37)10-9-19(3)22-11-13-31(7)27-25(41-20(4)35)26(42-21(5)36)28-32(8,29(39)40)24(38)12-14-33(28)17-34(27,33)16-15-30(22,31)6/h19,22,24-28,38H,1,9-17H2,2-8H3,(H,39,40)/t19-,22-,24+,25-,26+,27-,28+,30-,31+,32-,33+,34-/m1/s1. The van der Waals surface area contributed by atoms with Crippen LogP contribution in [0.15, 0.2) is 12.2 Å². The summed E-state index contributed by atoms with van der Waals surface area (Å²) in [5, 5.41) is 21.8. The number of allylic oxidation sites excluding steroid dienone is 1. The maximum absolute atomic E-state index is 12.9.